The summed E-state index contributed by atoms with van der Waals surface area (Å²) in [5, 5.41) is 2.23. The van der Waals surface area contributed by atoms with Gasteiger partial charge in [0, 0.05) is 49.7 Å². The smallest absolute Gasteiger partial charge is 0.205 e. The van der Waals surface area contributed by atoms with E-state index in [0.29, 0.717) is 6.61 Å². The molecule has 0 unspecified atom stereocenters. The van der Waals surface area contributed by atoms with Gasteiger partial charge in [-0.1, -0.05) is 0 Å². The number of rotatable bonds is 5. The van der Waals surface area contributed by atoms with Crippen molar-refractivity contribution in [2.45, 2.75) is 27.0 Å². The van der Waals surface area contributed by atoms with Crippen LogP contribution in [0.1, 0.15) is 21.4 Å². The van der Waals surface area contributed by atoms with Gasteiger partial charge in [0.05, 0.1) is 12.2 Å². The van der Waals surface area contributed by atoms with Crippen molar-refractivity contribution < 1.29 is 4.74 Å². The van der Waals surface area contributed by atoms with Gasteiger partial charge in [-0.15, -0.1) is 11.3 Å². The number of aryl methyl sites for hydroxylation is 2. The molecule has 0 radical (unpaired) electrons. The maximum Gasteiger partial charge on any atom is 0.205 e. The number of aromatic nitrogens is 3. The Bertz CT molecular complexity index is 599. The summed E-state index contributed by atoms with van der Waals surface area (Å²) in [7, 11) is 1.67. The molecule has 6 nitrogen and oxygen atoms in total. The van der Waals surface area contributed by atoms with Crippen molar-refractivity contribution in [1.29, 1.82) is 0 Å². The van der Waals surface area contributed by atoms with Crippen molar-refractivity contribution >= 4 is 28.0 Å². The molecule has 1 aliphatic heterocycles. The van der Waals surface area contributed by atoms with E-state index in [9.17, 15) is 0 Å². The van der Waals surface area contributed by atoms with E-state index in [1.165, 1.54) is 21.4 Å². The molecule has 0 aliphatic carbocycles. The first-order valence-electron chi connectivity index (χ1n) is 7.37. The molecule has 3 rings (SSSR count). The van der Waals surface area contributed by atoms with Crippen molar-refractivity contribution in [3.8, 4) is 0 Å². The number of ether oxygens (including phenoxy) is 1. The van der Waals surface area contributed by atoms with Crippen molar-refractivity contribution in [2.75, 3.05) is 38.2 Å². The van der Waals surface area contributed by atoms with Crippen LogP contribution >= 0.6 is 22.9 Å². The van der Waals surface area contributed by atoms with Crippen LogP contribution in [0.3, 0.4) is 0 Å². The lowest BCUT2D eigenvalue weighted by atomic mass is 10.3. The zero-order valence-electron chi connectivity index (χ0n) is 13.2. The quantitative estimate of drug-likeness (QED) is 0.831. The largest absolute Gasteiger partial charge is 0.377 e. The van der Waals surface area contributed by atoms with Crippen LogP contribution in [0, 0.1) is 13.8 Å². The molecule has 0 atom stereocenters. The van der Waals surface area contributed by atoms with E-state index >= 15 is 0 Å². The van der Waals surface area contributed by atoms with Gasteiger partial charge in [-0.25, -0.2) is 9.97 Å². The summed E-state index contributed by atoms with van der Waals surface area (Å²) in [6, 6.07) is 0. The molecule has 1 saturated heterocycles. The first kappa shape index (κ1) is 15.8. The van der Waals surface area contributed by atoms with Crippen LogP contribution < -0.4 is 4.90 Å². The average molecular weight is 339 g/mol. The lowest BCUT2D eigenvalue weighted by Crippen LogP contribution is -2.45. The van der Waals surface area contributed by atoms with E-state index in [2.05, 4.69) is 38.0 Å². The van der Waals surface area contributed by atoms with E-state index in [-0.39, 0.29) is 0 Å². The highest BCUT2D eigenvalue weighted by Gasteiger charge is 2.21. The first-order chi connectivity index (χ1) is 10.7. The third kappa shape index (κ3) is 3.62. The second kappa shape index (κ2) is 6.99. The third-order valence-corrected chi connectivity index (χ3v) is 5.68. The van der Waals surface area contributed by atoms with E-state index in [1.54, 1.807) is 7.11 Å². The highest BCUT2D eigenvalue weighted by Crippen LogP contribution is 2.22. The molecule has 0 spiro atoms. The highest BCUT2D eigenvalue weighted by molar-refractivity contribution is 7.11. The SMILES string of the molecule is COCc1nsc(N2CCN(Cc3nc(C)c(C)s3)CC2)n1. The number of thiazole rings is 1. The normalized spacial score (nSPS) is 16.4. The van der Waals surface area contributed by atoms with Gasteiger partial charge in [0.1, 0.15) is 11.6 Å². The van der Waals surface area contributed by atoms with Gasteiger partial charge >= 0.3 is 0 Å². The molecular weight excluding hydrogens is 318 g/mol. The number of piperazine rings is 1. The summed E-state index contributed by atoms with van der Waals surface area (Å²) < 4.78 is 9.40. The minimum absolute atomic E-state index is 0.485. The fraction of sp³-hybridized carbons (Fsp3) is 0.643. The van der Waals surface area contributed by atoms with Gasteiger partial charge in [-0.3, -0.25) is 4.90 Å². The number of nitrogens with zero attached hydrogens (tertiary/aromatic N) is 5. The van der Waals surface area contributed by atoms with Crippen molar-refractivity contribution in [3.63, 3.8) is 0 Å². The zero-order valence-corrected chi connectivity index (χ0v) is 14.8. The molecule has 1 fully saturated rings. The summed E-state index contributed by atoms with van der Waals surface area (Å²) in [6.45, 7) is 9.73. The molecule has 120 valence electrons. The Balaban J connectivity index is 1.53. The minimum Gasteiger partial charge on any atom is -0.377 e. The summed E-state index contributed by atoms with van der Waals surface area (Å²) >= 11 is 3.28. The lowest BCUT2D eigenvalue weighted by Gasteiger charge is -2.33. The monoisotopic (exact) mass is 339 g/mol. The Morgan fingerprint density at radius 2 is 1.91 bits per heavy atom. The molecule has 0 saturated carbocycles. The molecular formula is C14H21N5OS2. The van der Waals surface area contributed by atoms with Gasteiger partial charge in [-0.2, -0.15) is 4.37 Å². The van der Waals surface area contributed by atoms with Crippen molar-refractivity contribution in [1.82, 2.24) is 19.2 Å². The van der Waals surface area contributed by atoms with Crippen LogP contribution in [0.15, 0.2) is 0 Å². The molecule has 22 heavy (non-hydrogen) atoms. The fourth-order valence-corrected chi connectivity index (χ4v) is 4.16. The molecule has 2 aromatic rings. The number of hydrogen-bond donors (Lipinski definition) is 0. The Morgan fingerprint density at radius 3 is 2.55 bits per heavy atom. The van der Waals surface area contributed by atoms with Gasteiger partial charge in [0.2, 0.25) is 5.13 Å². The summed E-state index contributed by atoms with van der Waals surface area (Å²) in [4.78, 5) is 15.3. The summed E-state index contributed by atoms with van der Waals surface area (Å²) in [6.07, 6.45) is 0. The van der Waals surface area contributed by atoms with Crippen molar-refractivity contribution in [3.05, 3.63) is 21.4 Å². The summed E-state index contributed by atoms with van der Waals surface area (Å²) in [5.74, 6) is 0.777. The molecule has 0 bridgehead atoms. The van der Waals surface area contributed by atoms with Gasteiger partial charge in [0.15, 0.2) is 5.82 Å². The van der Waals surface area contributed by atoms with Gasteiger partial charge < -0.3 is 9.64 Å². The molecule has 0 aromatic carbocycles. The van der Waals surface area contributed by atoms with Crippen LogP contribution in [-0.2, 0) is 17.9 Å². The lowest BCUT2D eigenvalue weighted by molar-refractivity contribution is 0.179. The average Bonchev–Trinajstić information content (AvgIpc) is 3.08. The molecule has 1 aliphatic rings. The maximum absolute atomic E-state index is 5.07. The number of methoxy groups -OCH3 is 1. The number of hydrogen-bond acceptors (Lipinski definition) is 8. The molecule has 8 heteroatoms. The van der Waals surface area contributed by atoms with E-state index in [0.717, 1.165) is 49.4 Å². The van der Waals surface area contributed by atoms with E-state index < -0.39 is 0 Å². The number of anilines is 1. The van der Waals surface area contributed by atoms with Crippen LogP contribution in [0.2, 0.25) is 0 Å². The Kier molecular flexibility index (Phi) is 5.02. The predicted octanol–water partition coefficient (Wildman–Crippen LogP) is 2.08. The van der Waals surface area contributed by atoms with Gasteiger partial charge in [0.25, 0.3) is 0 Å². The second-order valence-electron chi connectivity index (χ2n) is 5.44. The minimum atomic E-state index is 0.485. The van der Waals surface area contributed by atoms with E-state index in [4.69, 9.17) is 4.74 Å². The first-order valence-corrected chi connectivity index (χ1v) is 8.96. The third-order valence-electron chi connectivity index (χ3n) is 3.81. The Hall–Kier alpha value is -1.09. The molecule has 0 N–H and O–H groups in total. The fourth-order valence-electron chi connectivity index (χ4n) is 2.46. The molecule has 2 aromatic heterocycles. The van der Waals surface area contributed by atoms with Gasteiger partial charge in [-0.05, 0) is 13.8 Å². The van der Waals surface area contributed by atoms with Crippen LogP contribution in [-0.4, -0.2) is 52.5 Å². The molecule has 0 amide bonds. The predicted molar refractivity (Wildman–Crippen MR) is 89.7 cm³/mol. The standard InChI is InChI=1S/C14H21N5OS2/c1-10-11(2)21-13(15-10)8-18-4-6-19(7-5-18)14-16-12(9-20-3)17-22-14/h4-9H2,1-3H3. The molecule has 3 heterocycles. The highest BCUT2D eigenvalue weighted by atomic mass is 32.1. The second-order valence-corrected chi connectivity index (χ2v) is 7.46. The topological polar surface area (TPSA) is 54.4 Å². The Morgan fingerprint density at radius 1 is 1.14 bits per heavy atom. The van der Waals surface area contributed by atoms with Crippen LogP contribution in [0.5, 0.6) is 0 Å². The summed E-state index contributed by atoms with van der Waals surface area (Å²) in [5.41, 5.74) is 1.16. The van der Waals surface area contributed by atoms with E-state index in [1.807, 2.05) is 11.3 Å². The van der Waals surface area contributed by atoms with Crippen LogP contribution in [0.25, 0.3) is 0 Å². The van der Waals surface area contributed by atoms with Crippen molar-refractivity contribution in [2.24, 2.45) is 0 Å². The maximum atomic E-state index is 5.07. The Labute approximate surface area is 138 Å². The van der Waals surface area contributed by atoms with Crippen LogP contribution in [0.4, 0.5) is 5.13 Å². The zero-order chi connectivity index (χ0) is 15.5.